The van der Waals surface area contributed by atoms with E-state index in [0.29, 0.717) is 18.7 Å². The van der Waals surface area contributed by atoms with E-state index in [1.165, 1.54) is 6.07 Å². The highest BCUT2D eigenvalue weighted by Gasteiger charge is 2.19. The molecular formula is C15H18BrFN2O2. The number of aliphatic carboxylic acids is 1. The first-order valence-corrected chi connectivity index (χ1v) is 7.40. The van der Waals surface area contributed by atoms with E-state index in [9.17, 15) is 9.18 Å². The highest BCUT2D eigenvalue weighted by atomic mass is 79.9. The van der Waals surface area contributed by atoms with Crippen LogP contribution in [-0.2, 0) is 4.79 Å². The molecule has 0 atom stereocenters. The molecule has 0 bridgehead atoms. The molecule has 0 amide bonds. The van der Waals surface area contributed by atoms with Gasteiger partial charge < -0.3 is 10.4 Å². The maximum absolute atomic E-state index is 14.0. The van der Waals surface area contributed by atoms with Crippen LogP contribution in [0, 0.1) is 22.6 Å². The van der Waals surface area contributed by atoms with Crippen LogP contribution < -0.4 is 5.32 Å². The summed E-state index contributed by atoms with van der Waals surface area (Å²) in [5, 5.41) is 20.5. The number of carboxylic acid groups (broad SMARTS) is 1. The Morgan fingerprint density at radius 2 is 2.14 bits per heavy atom. The highest BCUT2D eigenvalue weighted by molar-refractivity contribution is 9.10. The molecule has 6 heteroatoms. The molecule has 0 aliphatic heterocycles. The summed E-state index contributed by atoms with van der Waals surface area (Å²) in [6.07, 6.45) is 1.42. The fourth-order valence-electron chi connectivity index (χ4n) is 1.88. The third kappa shape index (κ3) is 5.35. The number of nitrogens with zero attached hydrogens (tertiary/aromatic N) is 1. The topological polar surface area (TPSA) is 73.1 Å². The van der Waals surface area contributed by atoms with E-state index in [-0.39, 0.29) is 21.9 Å². The van der Waals surface area contributed by atoms with E-state index in [2.05, 4.69) is 21.2 Å². The SMILES string of the molecule is CC(C)(CCNc1ccc(C#N)c(Br)c1F)CCC(=O)O. The number of benzene rings is 1. The summed E-state index contributed by atoms with van der Waals surface area (Å²) >= 11 is 3.06. The van der Waals surface area contributed by atoms with Crippen LogP contribution in [-0.4, -0.2) is 17.6 Å². The van der Waals surface area contributed by atoms with E-state index in [1.54, 1.807) is 6.07 Å². The summed E-state index contributed by atoms with van der Waals surface area (Å²) in [7, 11) is 0. The maximum Gasteiger partial charge on any atom is 0.303 e. The van der Waals surface area contributed by atoms with Gasteiger partial charge in [-0.25, -0.2) is 4.39 Å². The molecular weight excluding hydrogens is 339 g/mol. The standard InChI is InChI=1S/C15H18BrFN2O2/c1-15(2,6-5-12(20)21)7-8-19-11-4-3-10(9-18)13(16)14(11)17/h3-4,19H,5-8H2,1-2H3,(H,20,21). The Morgan fingerprint density at radius 1 is 1.48 bits per heavy atom. The number of nitriles is 1. The van der Waals surface area contributed by atoms with Gasteiger partial charge in [0.05, 0.1) is 15.7 Å². The first-order valence-electron chi connectivity index (χ1n) is 6.60. The zero-order valence-corrected chi connectivity index (χ0v) is 13.6. The minimum Gasteiger partial charge on any atom is -0.481 e. The zero-order chi connectivity index (χ0) is 16.0. The Bertz CT molecular complexity index is 568. The molecule has 114 valence electrons. The first-order chi connectivity index (χ1) is 9.76. The molecule has 1 rings (SSSR count). The minimum absolute atomic E-state index is 0.129. The van der Waals surface area contributed by atoms with Crippen LogP contribution >= 0.6 is 15.9 Å². The van der Waals surface area contributed by atoms with Crippen molar-refractivity contribution < 1.29 is 14.3 Å². The van der Waals surface area contributed by atoms with Gasteiger partial charge in [0.1, 0.15) is 6.07 Å². The Kier molecular flexibility index (Phi) is 6.16. The van der Waals surface area contributed by atoms with E-state index in [0.717, 1.165) is 6.42 Å². The monoisotopic (exact) mass is 356 g/mol. The molecule has 0 saturated carbocycles. The Labute approximate surface area is 132 Å². The van der Waals surface area contributed by atoms with Crippen LogP contribution in [0.25, 0.3) is 0 Å². The number of hydrogen-bond donors (Lipinski definition) is 2. The van der Waals surface area contributed by atoms with Crippen LogP contribution in [0.15, 0.2) is 16.6 Å². The van der Waals surface area contributed by atoms with Gasteiger partial charge in [-0.15, -0.1) is 0 Å². The van der Waals surface area contributed by atoms with Crippen molar-refractivity contribution in [3.63, 3.8) is 0 Å². The molecule has 1 aromatic rings. The predicted octanol–water partition coefficient (Wildman–Crippen LogP) is 4.15. The van der Waals surface area contributed by atoms with Gasteiger partial charge in [-0.05, 0) is 46.3 Å². The first kappa shape index (κ1) is 17.4. The smallest absolute Gasteiger partial charge is 0.303 e. The Balaban J connectivity index is 2.59. The summed E-state index contributed by atoms with van der Waals surface area (Å²) in [6.45, 7) is 4.51. The molecule has 21 heavy (non-hydrogen) atoms. The number of halogens is 2. The third-order valence-corrected chi connectivity index (χ3v) is 4.11. The number of rotatable bonds is 7. The predicted molar refractivity (Wildman–Crippen MR) is 82.6 cm³/mol. The number of nitrogens with one attached hydrogen (secondary N) is 1. The van der Waals surface area contributed by atoms with Crippen molar-refractivity contribution in [2.45, 2.75) is 33.1 Å². The summed E-state index contributed by atoms with van der Waals surface area (Å²) < 4.78 is 14.1. The molecule has 0 aliphatic rings. The van der Waals surface area contributed by atoms with Gasteiger partial charge in [-0.2, -0.15) is 5.26 Å². The third-order valence-electron chi connectivity index (χ3n) is 3.34. The number of carboxylic acids is 1. The largest absolute Gasteiger partial charge is 0.481 e. The molecule has 0 aliphatic carbocycles. The van der Waals surface area contributed by atoms with Crippen LogP contribution in [0.4, 0.5) is 10.1 Å². The fourth-order valence-corrected chi connectivity index (χ4v) is 2.31. The van der Waals surface area contributed by atoms with Crippen molar-refractivity contribution in [3.8, 4) is 6.07 Å². The quantitative estimate of drug-likeness (QED) is 0.769. The molecule has 0 spiro atoms. The Hall–Kier alpha value is -1.61. The average Bonchev–Trinajstić information content (AvgIpc) is 2.41. The molecule has 2 N–H and O–H groups in total. The van der Waals surface area contributed by atoms with Crippen LogP contribution in [0.3, 0.4) is 0 Å². The lowest BCUT2D eigenvalue weighted by Crippen LogP contribution is -2.18. The second kappa shape index (κ2) is 7.41. The van der Waals surface area contributed by atoms with Gasteiger partial charge in [0.25, 0.3) is 0 Å². The average molecular weight is 357 g/mol. The summed E-state index contributed by atoms with van der Waals surface area (Å²) in [5.74, 6) is -1.30. The van der Waals surface area contributed by atoms with E-state index >= 15 is 0 Å². The molecule has 4 nitrogen and oxygen atoms in total. The van der Waals surface area contributed by atoms with Crippen molar-refractivity contribution in [1.29, 1.82) is 5.26 Å². The summed E-state index contributed by atoms with van der Waals surface area (Å²) in [5.41, 5.74) is 0.445. The second-order valence-electron chi connectivity index (χ2n) is 5.64. The lowest BCUT2D eigenvalue weighted by Gasteiger charge is -2.24. The summed E-state index contributed by atoms with van der Waals surface area (Å²) in [4.78, 5) is 10.6. The lowest BCUT2D eigenvalue weighted by molar-refractivity contribution is -0.137. The Morgan fingerprint density at radius 3 is 2.71 bits per heavy atom. The van der Waals surface area contributed by atoms with Crippen molar-refractivity contribution in [1.82, 2.24) is 0 Å². The lowest BCUT2D eigenvalue weighted by atomic mass is 9.84. The van der Waals surface area contributed by atoms with Gasteiger partial charge >= 0.3 is 5.97 Å². The minimum atomic E-state index is -0.807. The molecule has 0 unspecified atom stereocenters. The van der Waals surface area contributed by atoms with Crippen molar-refractivity contribution in [2.75, 3.05) is 11.9 Å². The molecule has 1 aromatic carbocycles. The molecule has 0 radical (unpaired) electrons. The van der Waals surface area contributed by atoms with Gasteiger partial charge in [0.2, 0.25) is 0 Å². The van der Waals surface area contributed by atoms with Crippen molar-refractivity contribution >= 4 is 27.6 Å². The van der Waals surface area contributed by atoms with Crippen LogP contribution in [0.1, 0.15) is 38.7 Å². The summed E-state index contributed by atoms with van der Waals surface area (Å²) in [6, 6.07) is 4.98. The number of hydrogen-bond acceptors (Lipinski definition) is 3. The van der Waals surface area contributed by atoms with Crippen LogP contribution in [0.5, 0.6) is 0 Å². The molecule has 0 fully saturated rings. The van der Waals surface area contributed by atoms with E-state index in [1.807, 2.05) is 19.9 Å². The van der Waals surface area contributed by atoms with Gasteiger partial charge in [0.15, 0.2) is 5.82 Å². The second-order valence-corrected chi connectivity index (χ2v) is 6.43. The molecule has 0 aromatic heterocycles. The van der Waals surface area contributed by atoms with E-state index < -0.39 is 11.8 Å². The van der Waals surface area contributed by atoms with Gasteiger partial charge in [0, 0.05) is 13.0 Å². The molecule has 0 heterocycles. The van der Waals surface area contributed by atoms with E-state index in [4.69, 9.17) is 10.4 Å². The van der Waals surface area contributed by atoms with Gasteiger partial charge in [-0.1, -0.05) is 13.8 Å². The van der Waals surface area contributed by atoms with Crippen LogP contribution in [0.2, 0.25) is 0 Å². The molecule has 0 saturated heterocycles. The number of anilines is 1. The fraction of sp³-hybridized carbons (Fsp3) is 0.467. The van der Waals surface area contributed by atoms with Crippen molar-refractivity contribution in [3.05, 3.63) is 28.0 Å². The highest BCUT2D eigenvalue weighted by Crippen LogP contribution is 2.29. The maximum atomic E-state index is 14.0. The normalized spacial score (nSPS) is 11.0. The van der Waals surface area contributed by atoms with Gasteiger partial charge in [-0.3, -0.25) is 4.79 Å². The van der Waals surface area contributed by atoms with Crippen molar-refractivity contribution in [2.24, 2.45) is 5.41 Å². The number of carbonyl (C=O) groups is 1. The zero-order valence-electron chi connectivity index (χ0n) is 12.0.